The van der Waals surface area contributed by atoms with Crippen LogP contribution >= 0.6 is 22.9 Å². The SMILES string of the molecule is COC(=O)C1=C(CN2CC(F)(F)CC2C(=O)O)NC(c2nccs2)=NC1c1ccc(Cl)cc1F. The van der Waals surface area contributed by atoms with E-state index >= 15 is 0 Å². The van der Waals surface area contributed by atoms with Crippen molar-refractivity contribution in [1.29, 1.82) is 0 Å². The van der Waals surface area contributed by atoms with Crippen LogP contribution in [0.4, 0.5) is 13.2 Å². The van der Waals surface area contributed by atoms with Gasteiger partial charge in [0.2, 0.25) is 0 Å². The lowest BCUT2D eigenvalue weighted by atomic mass is 9.95. The minimum Gasteiger partial charge on any atom is -0.480 e. The molecule has 3 heterocycles. The third-order valence-corrected chi connectivity index (χ3v) is 6.45. The number of alkyl halides is 2. The predicted molar refractivity (Wildman–Crippen MR) is 118 cm³/mol. The molecule has 2 N–H and O–H groups in total. The summed E-state index contributed by atoms with van der Waals surface area (Å²) in [6, 6.07) is 1.16. The molecular formula is C21H18ClF3N4O4S. The molecule has 2 atom stereocenters. The highest BCUT2D eigenvalue weighted by molar-refractivity contribution is 7.11. The number of carbonyl (C=O) groups excluding carboxylic acids is 1. The lowest BCUT2D eigenvalue weighted by molar-refractivity contribution is -0.142. The van der Waals surface area contributed by atoms with E-state index in [0.717, 1.165) is 18.1 Å². The highest BCUT2D eigenvalue weighted by Gasteiger charge is 2.49. The Hall–Kier alpha value is -2.96. The Labute approximate surface area is 200 Å². The number of carbonyl (C=O) groups is 2. The number of benzene rings is 1. The average molecular weight is 515 g/mol. The zero-order chi connectivity index (χ0) is 24.6. The maximum absolute atomic E-state index is 14.9. The van der Waals surface area contributed by atoms with Crippen LogP contribution in [0.25, 0.3) is 0 Å². The fourth-order valence-corrected chi connectivity index (χ4v) is 4.71. The van der Waals surface area contributed by atoms with Crippen LogP contribution in [0.2, 0.25) is 5.02 Å². The Balaban J connectivity index is 1.84. The van der Waals surface area contributed by atoms with Gasteiger partial charge >= 0.3 is 11.9 Å². The van der Waals surface area contributed by atoms with E-state index in [1.807, 2.05) is 0 Å². The van der Waals surface area contributed by atoms with Gasteiger partial charge in [0.05, 0.1) is 19.2 Å². The number of thiazole rings is 1. The molecule has 34 heavy (non-hydrogen) atoms. The molecule has 0 saturated carbocycles. The summed E-state index contributed by atoms with van der Waals surface area (Å²) in [5, 5.41) is 14.6. The number of rotatable bonds is 6. The summed E-state index contributed by atoms with van der Waals surface area (Å²) in [6.45, 7) is -1.19. The number of methoxy groups -OCH3 is 1. The number of esters is 1. The molecule has 0 radical (unpaired) electrons. The lowest BCUT2D eigenvalue weighted by Crippen LogP contribution is -2.43. The second kappa shape index (κ2) is 9.35. The quantitative estimate of drug-likeness (QED) is 0.570. The Morgan fingerprint density at radius 1 is 1.41 bits per heavy atom. The third-order valence-electron chi connectivity index (χ3n) is 5.44. The fourth-order valence-electron chi connectivity index (χ4n) is 3.96. The van der Waals surface area contributed by atoms with E-state index in [1.54, 1.807) is 5.38 Å². The minimum atomic E-state index is -3.22. The molecule has 1 aromatic carbocycles. The second-order valence-electron chi connectivity index (χ2n) is 7.71. The minimum absolute atomic E-state index is 0.000562. The lowest BCUT2D eigenvalue weighted by Gasteiger charge is -2.30. The van der Waals surface area contributed by atoms with Crippen molar-refractivity contribution in [1.82, 2.24) is 15.2 Å². The van der Waals surface area contributed by atoms with Gasteiger partial charge in [0.1, 0.15) is 17.9 Å². The van der Waals surface area contributed by atoms with E-state index in [-0.39, 0.29) is 34.2 Å². The number of nitrogens with zero attached hydrogens (tertiary/aromatic N) is 3. The third kappa shape index (κ3) is 4.79. The van der Waals surface area contributed by atoms with Crippen molar-refractivity contribution >= 4 is 40.7 Å². The van der Waals surface area contributed by atoms with Gasteiger partial charge in [-0.1, -0.05) is 17.7 Å². The summed E-state index contributed by atoms with van der Waals surface area (Å²) in [7, 11) is 1.12. The summed E-state index contributed by atoms with van der Waals surface area (Å²) >= 11 is 7.09. The molecule has 0 bridgehead atoms. The van der Waals surface area contributed by atoms with E-state index < -0.39 is 48.7 Å². The summed E-state index contributed by atoms with van der Waals surface area (Å²) in [5.41, 5.74) is -0.0712. The largest absolute Gasteiger partial charge is 0.480 e. The summed E-state index contributed by atoms with van der Waals surface area (Å²) in [4.78, 5) is 34.1. The van der Waals surface area contributed by atoms with E-state index in [1.165, 1.54) is 29.7 Å². The molecule has 8 nitrogen and oxygen atoms in total. The van der Waals surface area contributed by atoms with Gasteiger partial charge in [-0.3, -0.25) is 14.7 Å². The van der Waals surface area contributed by atoms with Gasteiger partial charge in [-0.2, -0.15) is 0 Å². The molecule has 0 aliphatic carbocycles. The number of carboxylic acids is 1. The van der Waals surface area contributed by atoms with Crippen LogP contribution in [0.1, 0.15) is 23.0 Å². The van der Waals surface area contributed by atoms with Crippen molar-refractivity contribution in [2.24, 2.45) is 4.99 Å². The maximum Gasteiger partial charge on any atom is 0.338 e. The number of ether oxygens (including phenoxy) is 1. The molecule has 2 unspecified atom stereocenters. The molecule has 0 spiro atoms. The van der Waals surface area contributed by atoms with Crippen LogP contribution in [-0.2, 0) is 14.3 Å². The molecule has 1 aromatic heterocycles. The molecule has 180 valence electrons. The molecule has 0 amide bonds. The smallest absolute Gasteiger partial charge is 0.338 e. The van der Waals surface area contributed by atoms with Gasteiger partial charge in [-0.25, -0.2) is 22.9 Å². The van der Waals surface area contributed by atoms with E-state index in [0.29, 0.717) is 5.01 Å². The zero-order valence-corrected chi connectivity index (χ0v) is 19.2. The van der Waals surface area contributed by atoms with E-state index in [4.69, 9.17) is 16.3 Å². The van der Waals surface area contributed by atoms with Crippen molar-refractivity contribution in [2.75, 3.05) is 20.2 Å². The Morgan fingerprint density at radius 3 is 2.79 bits per heavy atom. The summed E-state index contributed by atoms with van der Waals surface area (Å²) < 4.78 is 48.0. The topological polar surface area (TPSA) is 104 Å². The first-order valence-electron chi connectivity index (χ1n) is 9.95. The highest BCUT2D eigenvalue weighted by atomic mass is 35.5. The zero-order valence-electron chi connectivity index (χ0n) is 17.6. The standard InChI is InChI=1S/C21H18ClF3N4O4S/c1-33-20(32)15-13(8-29-9-21(24,25)7-14(29)19(30)31)27-17(18-26-4-5-34-18)28-16(15)11-3-2-10(22)6-12(11)23/h2-6,14,16H,7-9H2,1H3,(H,27,28)(H,30,31). The number of aromatic nitrogens is 1. The molecule has 2 aliphatic heterocycles. The number of hydrogen-bond acceptors (Lipinski definition) is 8. The number of likely N-dealkylation sites (tertiary alicyclic amines) is 1. The van der Waals surface area contributed by atoms with E-state index in [2.05, 4.69) is 15.3 Å². The predicted octanol–water partition coefficient (Wildman–Crippen LogP) is 3.25. The molecule has 1 saturated heterocycles. The van der Waals surface area contributed by atoms with Crippen LogP contribution in [-0.4, -0.2) is 64.9 Å². The average Bonchev–Trinajstić information content (AvgIpc) is 3.40. The monoisotopic (exact) mass is 514 g/mol. The van der Waals surface area contributed by atoms with Crippen LogP contribution in [0, 0.1) is 5.82 Å². The van der Waals surface area contributed by atoms with Crippen molar-refractivity contribution in [3.63, 3.8) is 0 Å². The van der Waals surface area contributed by atoms with Gasteiger partial charge in [-0.15, -0.1) is 11.3 Å². The van der Waals surface area contributed by atoms with Crippen molar-refractivity contribution in [3.8, 4) is 0 Å². The normalized spacial score (nSPS) is 22.3. The number of aliphatic imine (C=N–C) groups is 1. The molecule has 1 fully saturated rings. The van der Waals surface area contributed by atoms with Gasteiger partial charge in [-0.05, 0) is 12.1 Å². The first-order chi connectivity index (χ1) is 16.1. The Morgan fingerprint density at radius 2 is 2.18 bits per heavy atom. The first-order valence-corrected chi connectivity index (χ1v) is 11.2. The van der Waals surface area contributed by atoms with Crippen molar-refractivity contribution in [2.45, 2.75) is 24.4 Å². The van der Waals surface area contributed by atoms with Crippen LogP contribution in [0.5, 0.6) is 0 Å². The summed E-state index contributed by atoms with van der Waals surface area (Å²) in [5.74, 6) is -6.07. The number of aliphatic carboxylic acids is 1. The molecule has 2 aliphatic rings. The Kier molecular flexibility index (Phi) is 6.65. The van der Waals surface area contributed by atoms with E-state index in [9.17, 15) is 27.9 Å². The molecule has 13 heteroatoms. The van der Waals surface area contributed by atoms with Crippen LogP contribution < -0.4 is 5.32 Å². The number of nitrogens with one attached hydrogen (secondary N) is 1. The van der Waals surface area contributed by atoms with Crippen molar-refractivity contribution < 1.29 is 32.6 Å². The van der Waals surface area contributed by atoms with Gasteiger partial charge in [0.25, 0.3) is 5.92 Å². The molecule has 4 rings (SSSR count). The van der Waals surface area contributed by atoms with Crippen LogP contribution in [0.3, 0.4) is 0 Å². The highest BCUT2D eigenvalue weighted by Crippen LogP contribution is 2.37. The van der Waals surface area contributed by atoms with Crippen LogP contribution in [0.15, 0.2) is 46.0 Å². The maximum atomic E-state index is 14.9. The van der Waals surface area contributed by atoms with Gasteiger partial charge in [0, 0.05) is 40.8 Å². The molecular weight excluding hydrogens is 497 g/mol. The van der Waals surface area contributed by atoms with Gasteiger partial charge < -0.3 is 15.2 Å². The molecule has 2 aromatic rings. The first kappa shape index (κ1) is 24.2. The summed E-state index contributed by atoms with van der Waals surface area (Å²) in [6.07, 6.45) is 0.647. The Bertz CT molecular complexity index is 1190. The number of hydrogen-bond donors (Lipinski definition) is 2. The number of carboxylic acid groups (broad SMARTS) is 1. The fraction of sp³-hybridized carbons (Fsp3) is 0.333. The number of amidine groups is 1. The number of halogens is 4. The van der Waals surface area contributed by atoms with Crippen molar-refractivity contribution in [3.05, 3.63) is 62.5 Å². The second-order valence-corrected chi connectivity index (χ2v) is 9.04. The van der Waals surface area contributed by atoms with Gasteiger partial charge in [0.15, 0.2) is 10.8 Å².